The summed E-state index contributed by atoms with van der Waals surface area (Å²) in [5, 5.41) is 19.8. The number of carbonyl (C=O) groups is 1. The summed E-state index contributed by atoms with van der Waals surface area (Å²) in [5.74, 6) is -0.136. The average Bonchev–Trinajstić information content (AvgIpc) is 2.82. The Balaban J connectivity index is 1.85. The third kappa shape index (κ3) is 3.57. The summed E-state index contributed by atoms with van der Waals surface area (Å²) in [6.07, 6.45) is 7.58. The minimum absolute atomic E-state index is 0.0581. The lowest BCUT2D eigenvalue weighted by Gasteiger charge is -2.15. The van der Waals surface area contributed by atoms with Crippen LogP contribution < -0.4 is 0 Å². The molecule has 3 unspecified atom stereocenters. The van der Waals surface area contributed by atoms with Gasteiger partial charge in [-0.3, -0.25) is 4.79 Å². The highest BCUT2D eigenvalue weighted by Crippen LogP contribution is 2.42. The van der Waals surface area contributed by atoms with E-state index in [0.717, 1.165) is 25.7 Å². The Bertz CT molecular complexity index is 339. The Morgan fingerprint density at radius 3 is 3.00 bits per heavy atom. The number of aliphatic hydroxyl groups excluding tert-OH is 2. The van der Waals surface area contributed by atoms with Gasteiger partial charge in [-0.15, -0.1) is 0 Å². The molecule has 0 aromatic rings. The Labute approximate surface area is 114 Å². The number of aliphatic hydroxyl groups is 2. The van der Waals surface area contributed by atoms with Crippen LogP contribution in [0.25, 0.3) is 0 Å². The van der Waals surface area contributed by atoms with E-state index in [0.29, 0.717) is 12.8 Å². The molecule has 2 N–H and O–H groups in total. The molecule has 0 aromatic carbocycles. The lowest BCUT2D eigenvalue weighted by molar-refractivity contribution is -0.141. The van der Waals surface area contributed by atoms with Crippen LogP contribution in [0.2, 0.25) is 0 Å². The summed E-state index contributed by atoms with van der Waals surface area (Å²) in [6.45, 7) is 2.13. The highest BCUT2D eigenvalue weighted by Gasteiger charge is 2.48. The maximum Gasteiger partial charge on any atom is 0.306 e. The summed E-state index contributed by atoms with van der Waals surface area (Å²) in [4.78, 5) is 11.2. The summed E-state index contributed by atoms with van der Waals surface area (Å²) in [6, 6.07) is 0. The molecule has 1 heterocycles. The average molecular weight is 268 g/mol. The van der Waals surface area contributed by atoms with E-state index in [1.165, 1.54) is 0 Å². The fourth-order valence-corrected chi connectivity index (χ4v) is 3.14. The van der Waals surface area contributed by atoms with Crippen molar-refractivity contribution in [3.05, 3.63) is 12.2 Å². The Morgan fingerprint density at radius 2 is 2.26 bits per heavy atom. The van der Waals surface area contributed by atoms with Gasteiger partial charge in [-0.25, -0.2) is 0 Å². The SMILES string of the molecule is CCCCCC(O)/C=C/[C@@H]1C2CC(=O)OC2C[C@H]1O. The molecule has 2 rings (SSSR count). The van der Waals surface area contributed by atoms with E-state index >= 15 is 0 Å². The smallest absolute Gasteiger partial charge is 0.306 e. The summed E-state index contributed by atoms with van der Waals surface area (Å²) >= 11 is 0. The first-order chi connectivity index (χ1) is 9.11. The van der Waals surface area contributed by atoms with Crippen LogP contribution in [-0.2, 0) is 9.53 Å². The second-order valence-electron chi connectivity index (χ2n) is 5.72. The number of fused-ring (bicyclic) bond motifs is 1. The van der Waals surface area contributed by atoms with Crippen molar-refractivity contribution in [3.63, 3.8) is 0 Å². The van der Waals surface area contributed by atoms with E-state index in [2.05, 4.69) is 6.92 Å². The van der Waals surface area contributed by atoms with Gasteiger partial charge in [0.05, 0.1) is 18.6 Å². The molecule has 1 aliphatic heterocycles. The molecule has 19 heavy (non-hydrogen) atoms. The van der Waals surface area contributed by atoms with E-state index in [-0.39, 0.29) is 23.9 Å². The molecule has 4 nitrogen and oxygen atoms in total. The molecule has 5 atom stereocenters. The predicted octanol–water partition coefficient (Wildman–Crippen LogP) is 1.80. The third-order valence-corrected chi connectivity index (χ3v) is 4.23. The van der Waals surface area contributed by atoms with Gasteiger partial charge < -0.3 is 14.9 Å². The van der Waals surface area contributed by atoms with E-state index < -0.39 is 12.2 Å². The second kappa shape index (κ2) is 6.53. The van der Waals surface area contributed by atoms with Gasteiger partial charge in [0.15, 0.2) is 0 Å². The van der Waals surface area contributed by atoms with Crippen LogP contribution in [0.4, 0.5) is 0 Å². The zero-order chi connectivity index (χ0) is 13.8. The number of unbranched alkanes of at least 4 members (excludes halogenated alkanes) is 2. The lowest BCUT2D eigenvalue weighted by Crippen LogP contribution is -2.18. The molecule has 1 saturated heterocycles. The van der Waals surface area contributed by atoms with Crippen LogP contribution in [0.1, 0.15) is 45.4 Å². The van der Waals surface area contributed by atoms with Gasteiger partial charge in [-0.2, -0.15) is 0 Å². The molecule has 4 heteroatoms. The molecule has 0 bridgehead atoms. The van der Waals surface area contributed by atoms with Crippen LogP contribution in [0.3, 0.4) is 0 Å². The van der Waals surface area contributed by atoms with Crippen LogP contribution in [-0.4, -0.2) is 34.5 Å². The molecule has 1 saturated carbocycles. The fraction of sp³-hybridized carbons (Fsp3) is 0.800. The number of esters is 1. The van der Waals surface area contributed by atoms with Crippen LogP contribution in [0.15, 0.2) is 12.2 Å². The number of carbonyl (C=O) groups excluding carboxylic acids is 1. The Kier molecular flexibility index (Phi) is 4.99. The van der Waals surface area contributed by atoms with Gasteiger partial charge >= 0.3 is 5.97 Å². The molecule has 2 fully saturated rings. The van der Waals surface area contributed by atoms with Gasteiger partial charge in [0, 0.05) is 18.3 Å². The zero-order valence-corrected chi connectivity index (χ0v) is 11.5. The summed E-state index contributed by atoms with van der Waals surface area (Å²) in [7, 11) is 0. The monoisotopic (exact) mass is 268 g/mol. The maximum atomic E-state index is 11.2. The first-order valence-corrected chi connectivity index (χ1v) is 7.35. The van der Waals surface area contributed by atoms with E-state index in [1.54, 1.807) is 6.08 Å². The van der Waals surface area contributed by atoms with Gasteiger partial charge in [-0.1, -0.05) is 38.3 Å². The summed E-state index contributed by atoms with van der Waals surface area (Å²) in [5.41, 5.74) is 0. The standard InChI is InChI=1S/C15H24O4/c1-2-3-4-5-10(16)6-7-11-12-8-15(18)19-14(12)9-13(11)17/h6-7,10-14,16-17H,2-5,8-9H2,1H3/b7-6+/t10?,11-,12?,13-,14?/m1/s1. The van der Waals surface area contributed by atoms with Crippen molar-refractivity contribution in [2.75, 3.05) is 0 Å². The predicted molar refractivity (Wildman–Crippen MR) is 71.4 cm³/mol. The number of hydrogen-bond acceptors (Lipinski definition) is 4. The summed E-state index contributed by atoms with van der Waals surface area (Å²) < 4.78 is 5.18. The largest absolute Gasteiger partial charge is 0.462 e. The van der Waals surface area contributed by atoms with Crippen molar-refractivity contribution in [1.82, 2.24) is 0 Å². The molecule has 2 aliphatic rings. The highest BCUT2D eigenvalue weighted by atomic mass is 16.6. The van der Waals surface area contributed by atoms with Crippen LogP contribution in [0.5, 0.6) is 0 Å². The molecular formula is C15H24O4. The molecular weight excluding hydrogens is 244 g/mol. The Hall–Kier alpha value is -0.870. The second-order valence-corrected chi connectivity index (χ2v) is 5.72. The van der Waals surface area contributed by atoms with E-state index in [4.69, 9.17) is 4.74 Å². The number of rotatable bonds is 6. The molecule has 0 aromatic heterocycles. The fourth-order valence-electron chi connectivity index (χ4n) is 3.14. The normalized spacial score (nSPS) is 35.6. The molecule has 0 amide bonds. The highest BCUT2D eigenvalue weighted by molar-refractivity contribution is 5.72. The van der Waals surface area contributed by atoms with Crippen molar-refractivity contribution in [1.29, 1.82) is 0 Å². The van der Waals surface area contributed by atoms with Crippen molar-refractivity contribution >= 4 is 5.97 Å². The van der Waals surface area contributed by atoms with Gasteiger partial charge in [0.1, 0.15) is 6.10 Å². The van der Waals surface area contributed by atoms with Gasteiger partial charge in [0.2, 0.25) is 0 Å². The Morgan fingerprint density at radius 1 is 1.47 bits per heavy atom. The van der Waals surface area contributed by atoms with Crippen molar-refractivity contribution in [3.8, 4) is 0 Å². The maximum absolute atomic E-state index is 11.2. The third-order valence-electron chi connectivity index (χ3n) is 4.23. The molecule has 0 spiro atoms. The topological polar surface area (TPSA) is 66.8 Å². The zero-order valence-electron chi connectivity index (χ0n) is 11.5. The first-order valence-electron chi connectivity index (χ1n) is 7.35. The lowest BCUT2D eigenvalue weighted by atomic mass is 9.91. The van der Waals surface area contributed by atoms with Crippen molar-refractivity contribution < 1.29 is 19.7 Å². The van der Waals surface area contributed by atoms with Crippen molar-refractivity contribution in [2.24, 2.45) is 11.8 Å². The quantitative estimate of drug-likeness (QED) is 0.438. The number of ether oxygens (including phenoxy) is 1. The van der Waals surface area contributed by atoms with Crippen LogP contribution in [0, 0.1) is 11.8 Å². The first kappa shape index (κ1) is 14.5. The molecule has 1 aliphatic carbocycles. The molecule has 108 valence electrons. The van der Waals surface area contributed by atoms with Crippen molar-refractivity contribution in [2.45, 2.75) is 63.8 Å². The number of hydrogen-bond donors (Lipinski definition) is 2. The van der Waals surface area contributed by atoms with E-state index in [1.807, 2.05) is 6.08 Å². The molecule has 0 radical (unpaired) electrons. The minimum Gasteiger partial charge on any atom is -0.462 e. The van der Waals surface area contributed by atoms with Gasteiger partial charge in [-0.05, 0) is 6.42 Å². The van der Waals surface area contributed by atoms with Gasteiger partial charge in [0.25, 0.3) is 0 Å². The van der Waals surface area contributed by atoms with Crippen LogP contribution >= 0.6 is 0 Å². The van der Waals surface area contributed by atoms with E-state index in [9.17, 15) is 15.0 Å². The minimum atomic E-state index is -0.456.